The quantitative estimate of drug-likeness (QED) is 0.174. The van der Waals surface area contributed by atoms with Crippen molar-refractivity contribution in [1.82, 2.24) is 5.43 Å². The number of hydrogen-bond acceptors (Lipinski definition) is 3. The number of halogens is 2. The van der Waals surface area contributed by atoms with Crippen molar-refractivity contribution in [3.8, 4) is 5.75 Å². The fraction of sp³-hybridized carbons (Fsp3) is 0.0400. The molecule has 0 heterocycles. The summed E-state index contributed by atoms with van der Waals surface area (Å²) in [5, 5.41) is 6.89. The summed E-state index contributed by atoms with van der Waals surface area (Å²) in [6.45, 7) is 0.327. The Morgan fingerprint density at radius 2 is 1.81 bits per heavy atom. The fourth-order valence-electron chi connectivity index (χ4n) is 3.16. The molecule has 154 valence electrons. The number of fused-ring (bicyclic) bond motifs is 1. The smallest absolute Gasteiger partial charge is 0.271 e. The summed E-state index contributed by atoms with van der Waals surface area (Å²) in [4.78, 5) is 12.4. The minimum atomic E-state index is -0.270. The number of amides is 1. The molecule has 0 atom stereocenters. The van der Waals surface area contributed by atoms with Gasteiger partial charge in [-0.25, -0.2) is 5.43 Å². The third-order valence-electron chi connectivity index (χ3n) is 4.72. The van der Waals surface area contributed by atoms with E-state index in [2.05, 4.69) is 33.1 Å². The topological polar surface area (TPSA) is 50.7 Å². The van der Waals surface area contributed by atoms with E-state index in [-0.39, 0.29) is 5.91 Å². The van der Waals surface area contributed by atoms with Gasteiger partial charge in [-0.05, 0) is 63.7 Å². The number of nitrogens with zero attached hydrogens (tertiary/aromatic N) is 1. The van der Waals surface area contributed by atoms with Crippen molar-refractivity contribution < 1.29 is 9.53 Å². The number of rotatable bonds is 6. The molecule has 0 unspecified atom stereocenters. The van der Waals surface area contributed by atoms with Gasteiger partial charge in [-0.15, -0.1) is 0 Å². The lowest BCUT2D eigenvalue weighted by atomic mass is 10.0. The Bertz CT molecular complexity index is 1270. The van der Waals surface area contributed by atoms with Gasteiger partial charge in [0.2, 0.25) is 0 Å². The first-order valence-electron chi connectivity index (χ1n) is 9.59. The lowest BCUT2D eigenvalue weighted by Crippen LogP contribution is -2.17. The minimum Gasteiger partial charge on any atom is -0.488 e. The van der Waals surface area contributed by atoms with Crippen LogP contribution in [0.5, 0.6) is 5.75 Å². The number of carbonyl (C=O) groups is 1. The number of benzene rings is 4. The molecule has 0 aromatic heterocycles. The molecule has 0 spiro atoms. The first-order valence-corrected chi connectivity index (χ1v) is 11.0. The Morgan fingerprint density at radius 1 is 1.00 bits per heavy atom. The number of carbonyl (C=O) groups excluding carboxylic acids is 1. The minimum absolute atomic E-state index is 0.270. The van der Waals surface area contributed by atoms with Crippen molar-refractivity contribution >= 4 is 57.1 Å². The van der Waals surface area contributed by atoms with Crippen LogP contribution < -0.4 is 10.2 Å². The van der Waals surface area contributed by atoms with E-state index in [0.29, 0.717) is 22.9 Å². The monoisotopic (exact) mass is 540 g/mol. The van der Waals surface area contributed by atoms with Crippen LogP contribution in [-0.4, -0.2) is 12.1 Å². The van der Waals surface area contributed by atoms with Gasteiger partial charge in [-0.1, -0.05) is 66.2 Å². The number of hydrazone groups is 1. The Hall–Kier alpha value is -2.90. The molecule has 0 bridgehead atoms. The maximum Gasteiger partial charge on any atom is 0.271 e. The molecule has 4 aromatic carbocycles. The van der Waals surface area contributed by atoms with Crippen LogP contribution in [0.3, 0.4) is 0 Å². The van der Waals surface area contributed by atoms with E-state index in [4.69, 9.17) is 16.3 Å². The van der Waals surface area contributed by atoms with Crippen LogP contribution in [0.25, 0.3) is 10.8 Å². The molecular formula is C25H18ClIN2O2. The highest BCUT2D eigenvalue weighted by atomic mass is 127. The van der Waals surface area contributed by atoms with Crippen LogP contribution in [0, 0.1) is 3.57 Å². The highest BCUT2D eigenvalue weighted by molar-refractivity contribution is 14.1. The van der Waals surface area contributed by atoms with Crippen molar-refractivity contribution in [2.24, 2.45) is 5.10 Å². The zero-order valence-electron chi connectivity index (χ0n) is 16.4. The zero-order valence-corrected chi connectivity index (χ0v) is 19.3. The van der Waals surface area contributed by atoms with Crippen LogP contribution in [0.1, 0.15) is 21.5 Å². The summed E-state index contributed by atoms with van der Waals surface area (Å²) >= 11 is 8.43. The third-order valence-corrected chi connectivity index (χ3v) is 5.76. The predicted octanol–water partition coefficient (Wildman–Crippen LogP) is 6.44. The van der Waals surface area contributed by atoms with Gasteiger partial charge in [0.15, 0.2) is 0 Å². The second-order valence-corrected chi connectivity index (χ2v) is 8.44. The molecule has 0 fully saturated rings. The van der Waals surface area contributed by atoms with Crippen LogP contribution in [0.2, 0.25) is 5.02 Å². The second kappa shape index (κ2) is 9.94. The van der Waals surface area contributed by atoms with Crippen molar-refractivity contribution in [2.45, 2.75) is 6.61 Å². The third kappa shape index (κ3) is 5.24. The van der Waals surface area contributed by atoms with Crippen LogP contribution in [0.4, 0.5) is 0 Å². The van der Waals surface area contributed by atoms with Crippen molar-refractivity contribution in [3.05, 3.63) is 110 Å². The molecule has 0 radical (unpaired) electrons. The lowest BCUT2D eigenvalue weighted by Gasteiger charge is -2.12. The number of ether oxygens (including phenoxy) is 1. The molecule has 31 heavy (non-hydrogen) atoms. The lowest BCUT2D eigenvalue weighted by molar-refractivity contribution is 0.0955. The maximum absolute atomic E-state index is 12.4. The standard InChI is InChI=1S/C25H18ClIN2O2/c26-23-11-4-2-7-19(23)16-31-24-13-12-17-6-1-3-10-21(17)22(24)15-28-29-25(30)18-8-5-9-20(27)14-18/h1-15H,16H2,(H,29,30)/b28-15-. The molecule has 1 N–H and O–H groups in total. The summed E-state index contributed by atoms with van der Waals surface area (Å²) in [7, 11) is 0. The number of hydrogen-bond donors (Lipinski definition) is 1. The summed E-state index contributed by atoms with van der Waals surface area (Å²) in [5.74, 6) is 0.388. The molecule has 0 aliphatic rings. The van der Waals surface area contributed by atoms with Crippen molar-refractivity contribution in [2.75, 3.05) is 0 Å². The SMILES string of the molecule is O=C(N/N=C\c1c(OCc2ccccc2Cl)ccc2ccccc12)c1cccc(I)c1. The molecule has 0 saturated heterocycles. The van der Waals surface area contributed by atoms with Gasteiger partial charge in [-0.3, -0.25) is 4.79 Å². The molecule has 1 amide bonds. The Morgan fingerprint density at radius 3 is 2.65 bits per heavy atom. The predicted molar refractivity (Wildman–Crippen MR) is 134 cm³/mol. The normalized spacial score (nSPS) is 11.0. The van der Waals surface area contributed by atoms with Crippen molar-refractivity contribution in [1.29, 1.82) is 0 Å². The highest BCUT2D eigenvalue weighted by Gasteiger charge is 2.10. The van der Waals surface area contributed by atoms with Crippen LogP contribution >= 0.6 is 34.2 Å². The van der Waals surface area contributed by atoms with Crippen molar-refractivity contribution in [3.63, 3.8) is 0 Å². The number of nitrogens with one attached hydrogen (secondary N) is 1. The molecule has 0 aliphatic heterocycles. The Balaban J connectivity index is 1.60. The summed E-state index contributed by atoms with van der Waals surface area (Å²) in [6.07, 6.45) is 1.62. The average molecular weight is 541 g/mol. The van der Waals surface area contributed by atoms with E-state index in [1.54, 1.807) is 12.3 Å². The van der Waals surface area contributed by atoms with E-state index in [1.807, 2.05) is 78.9 Å². The molecule has 6 heteroatoms. The van der Waals surface area contributed by atoms with E-state index in [0.717, 1.165) is 25.5 Å². The van der Waals surface area contributed by atoms with Gasteiger partial charge < -0.3 is 4.74 Å². The molecule has 0 aliphatic carbocycles. The van der Waals surface area contributed by atoms with Gasteiger partial charge in [0.25, 0.3) is 5.91 Å². The van der Waals surface area contributed by atoms with Gasteiger partial charge in [0.05, 0.1) is 6.21 Å². The first kappa shape index (κ1) is 21.3. The van der Waals surface area contributed by atoms with E-state index < -0.39 is 0 Å². The van der Waals surface area contributed by atoms with Gasteiger partial charge in [0.1, 0.15) is 12.4 Å². The molecule has 4 aromatic rings. The summed E-state index contributed by atoms with van der Waals surface area (Å²) in [6, 6.07) is 26.8. The largest absolute Gasteiger partial charge is 0.488 e. The second-order valence-electron chi connectivity index (χ2n) is 6.79. The Kier molecular flexibility index (Phi) is 6.84. The van der Waals surface area contributed by atoms with E-state index >= 15 is 0 Å². The highest BCUT2D eigenvalue weighted by Crippen LogP contribution is 2.28. The van der Waals surface area contributed by atoms with Gasteiger partial charge >= 0.3 is 0 Å². The average Bonchev–Trinajstić information content (AvgIpc) is 2.79. The van der Waals surface area contributed by atoms with Gasteiger partial charge in [-0.2, -0.15) is 5.10 Å². The summed E-state index contributed by atoms with van der Waals surface area (Å²) in [5.41, 5.74) is 4.83. The Labute approximate surface area is 199 Å². The van der Waals surface area contributed by atoms with Crippen LogP contribution in [-0.2, 0) is 6.61 Å². The maximum atomic E-state index is 12.4. The van der Waals surface area contributed by atoms with E-state index in [9.17, 15) is 4.79 Å². The molecule has 4 rings (SSSR count). The van der Waals surface area contributed by atoms with Crippen LogP contribution in [0.15, 0.2) is 90.0 Å². The zero-order chi connectivity index (χ0) is 21.6. The van der Waals surface area contributed by atoms with Gasteiger partial charge in [0, 0.05) is 25.3 Å². The molecule has 0 saturated carbocycles. The fourth-order valence-corrected chi connectivity index (χ4v) is 3.89. The first-order chi connectivity index (χ1) is 15.1. The summed E-state index contributed by atoms with van der Waals surface area (Å²) < 4.78 is 7.07. The molecular weight excluding hydrogens is 523 g/mol. The van der Waals surface area contributed by atoms with E-state index in [1.165, 1.54) is 0 Å². The molecule has 4 nitrogen and oxygen atoms in total.